The van der Waals surface area contributed by atoms with Crippen LogP contribution in [0.15, 0.2) is 18.2 Å². The second-order valence-electron chi connectivity index (χ2n) is 5.75. The molecule has 0 saturated heterocycles. The van der Waals surface area contributed by atoms with Gasteiger partial charge in [-0.15, -0.1) is 11.6 Å². The first-order chi connectivity index (χ1) is 9.72. The van der Waals surface area contributed by atoms with Crippen molar-refractivity contribution in [1.82, 2.24) is 9.55 Å². The Kier molecular flexibility index (Phi) is 4.23. The van der Waals surface area contributed by atoms with E-state index in [0.29, 0.717) is 11.9 Å². The number of hydrogen-bond acceptors (Lipinski definition) is 1. The molecule has 0 aliphatic heterocycles. The van der Waals surface area contributed by atoms with Crippen LogP contribution in [0.4, 0.5) is 0 Å². The maximum Gasteiger partial charge on any atom is 0.125 e. The summed E-state index contributed by atoms with van der Waals surface area (Å²) in [5, 5.41) is 0.734. The lowest BCUT2D eigenvalue weighted by Gasteiger charge is -2.30. The van der Waals surface area contributed by atoms with Crippen LogP contribution in [0.5, 0.6) is 0 Å². The van der Waals surface area contributed by atoms with Gasteiger partial charge in [-0.05, 0) is 49.8 Å². The monoisotopic (exact) mass is 310 g/mol. The number of benzene rings is 1. The number of halogens is 2. The Morgan fingerprint density at radius 1 is 1.25 bits per heavy atom. The lowest BCUT2D eigenvalue weighted by Crippen LogP contribution is -2.19. The van der Waals surface area contributed by atoms with E-state index in [2.05, 4.69) is 22.5 Å². The molecule has 20 heavy (non-hydrogen) atoms. The SMILES string of the molecule is CCC1CCC(n2c(CCl)nc3cc(Cl)ccc32)CC1. The third kappa shape index (κ3) is 2.56. The van der Waals surface area contributed by atoms with E-state index < -0.39 is 0 Å². The molecule has 1 aromatic heterocycles. The second kappa shape index (κ2) is 5.95. The zero-order chi connectivity index (χ0) is 14.1. The van der Waals surface area contributed by atoms with Crippen LogP contribution < -0.4 is 0 Å². The Hall–Kier alpha value is -0.730. The Morgan fingerprint density at radius 2 is 2.00 bits per heavy atom. The number of fused-ring (bicyclic) bond motifs is 1. The van der Waals surface area contributed by atoms with E-state index in [1.807, 2.05) is 12.1 Å². The topological polar surface area (TPSA) is 17.8 Å². The lowest BCUT2D eigenvalue weighted by molar-refractivity contribution is 0.270. The van der Waals surface area contributed by atoms with Gasteiger partial charge in [0.05, 0.1) is 16.9 Å². The fourth-order valence-electron chi connectivity index (χ4n) is 3.43. The highest BCUT2D eigenvalue weighted by molar-refractivity contribution is 6.31. The molecule has 3 rings (SSSR count). The van der Waals surface area contributed by atoms with Crippen LogP contribution in [0.25, 0.3) is 11.0 Å². The van der Waals surface area contributed by atoms with E-state index >= 15 is 0 Å². The van der Waals surface area contributed by atoms with E-state index in [-0.39, 0.29) is 0 Å². The van der Waals surface area contributed by atoms with Gasteiger partial charge in [0, 0.05) is 11.1 Å². The minimum Gasteiger partial charge on any atom is -0.324 e. The molecule has 0 atom stereocenters. The van der Waals surface area contributed by atoms with Crippen LogP contribution in [-0.2, 0) is 5.88 Å². The van der Waals surface area contributed by atoms with Crippen molar-refractivity contribution >= 4 is 34.2 Å². The first-order valence-electron chi connectivity index (χ1n) is 7.45. The molecule has 0 spiro atoms. The van der Waals surface area contributed by atoms with Gasteiger partial charge in [-0.3, -0.25) is 0 Å². The van der Waals surface area contributed by atoms with Gasteiger partial charge in [-0.25, -0.2) is 4.98 Å². The normalized spacial score (nSPS) is 23.4. The van der Waals surface area contributed by atoms with E-state index in [4.69, 9.17) is 23.2 Å². The van der Waals surface area contributed by atoms with E-state index in [9.17, 15) is 0 Å². The summed E-state index contributed by atoms with van der Waals surface area (Å²) in [7, 11) is 0. The molecular formula is C16H20Cl2N2. The molecule has 4 heteroatoms. The molecule has 1 aromatic carbocycles. The minimum atomic E-state index is 0.458. The van der Waals surface area contributed by atoms with E-state index in [0.717, 1.165) is 22.3 Å². The molecule has 1 fully saturated rings. The number of hydrogen-bond donors (Lipinski definition) is 0. The lowest BCUT2D eigenvalue weighted by atomic mass is 9.84. The largest absolute Gasteiger partial charge is 0.324 e. The van der Waals surface area contributed by atoms with Crippen molar-refractivity contribution in [3.05, 3.63) is 29.0 Å². The van der Waals surface area contributed by atoms with Gasteiger partial charge in [0.15, 0.2) is 0 Å². The van der Waals surface area contributed by atoms with Gasteiger partial charge in [0.25, 0.3) is 0 Å². The van der Waals surface area contributed by atoms with Crippen LogP contribution in [0.3, 0.4) is 0 Å². The zero-order valence-corrected chi connectivity index (χ0v) is 13.3. The number of imidazole rings is 1. The van der Waals surface area contributed by atoms with Crippen LogP contribution >= 0.6 is 23.2 Å². The van der Waals surface area contributed by atoms with Crippen LogP contribution in [0, 0.1) is 5.92 Å². The molecule has 0 radical (unpaired) electrons. The Labute approximate surface area is 130 Å². The third-order valence-electron chi connectivity index (χ3n) is 4.60. The summed E-state index contributed by atoms with van der Waals surface area (Å²) in [4.78, 5) is 4.65. The van der Waals surface area contributed by atoms with Crippen molar-refractivity contribution in [2.24, 2.45) is 5.92 Å². The number of nitrogens with zero attached hydrogens (tertiary/aromatic N) is 2. The van der Waals surface area contributed by atoms with Crippen molar-refractivity contribution in [1.29, 1.82) is 0 Å². The fraction of sp³-hybridized carbons (Fsp3) is 0.562. The summed E-state index contributed by atoms with van der Waals surface area (Å²) in [5.41, 5.74) is 2.13. The van der Waals surface area contributed by atoms with Crippen LogP contribution in [0.1, 0.15) is 50.9 Å². The fourth-order valence-corrected chi connectivity index (χ4v) is 3.79. The Balaban J connectivity index is 1.97. The van der Waals surface area contributed by atoms with Gasteiger partial charge < -0.3 is 4.57 Å². The molecule has 1 heterocycles. The number of aromatic nitrogens is 2. The first-order valence-corrected chi connectivity index (χ1v) is 8.36. The summed E-state index contributed by atoms with van der Waals surface area (Å²) in [6.45, 7) is 2.30. The smallest absolute Gasteiger partial charge is 0.125 e. The maximum absolute atomic E-state index is 6.10. The summed E-state index contributed by atoms with van der Waals surface area (Å²) >= 11 is 12.2. The molecule has 0 unspecified atom stereocenters. The molecular weight excluding hydrogens is 291 g/mol. The highest BCUT2D eigenvalue weighted by Crippen LogP contribution is 2.37. The van der Waals surface area contributed by atoms with E-state index in [1.54, 1.807) is 0 Å². The number of rotatable bonds is 3. The molecule has 1 saturated carbocycles. The molecule has 2 nitrogen and oxygen atoms in total. The zero-order valence-electron chi connectivity index (χ0n) is 11.8. The average Bonchev–Trinajstić information content (AvgIpc) is 2.84. The Morgan fingerprint density at radius 3 is 2.65 bits per heavy atom. The van der Waals surface area contributed by atoms with Crippen molar-refractivity contribution in [2.75, 3.05) is 0 Å². The summed E-state index contributed by atoms with van der Waals surface area (Å²) in [5.74, 6) is 2.33. The predicted molar refractivity (Wildman–Crippen MR) is 85.6 cm³/mol. The van der Waals surface area contributed by atoms with Crippen molar-refractivity contribution in [3.8, 4) is 0 Å². The molecule has 108 valence electrons. The third-order valence-corrected chi connectivity index (χ3v) is 5.08. The van der Waals surface area contributed by atoms with Crippen LogP contribution in [0.2, 0.25) is 5.02 Å². The predicted octanol–water partition coefficient (Wildman–Crippen LogP) is 5.57. The van der Waals surface area contributed by atoms with Gasteiger partial charge in [0.1, 0.15) is 5.82 Å². The van der Waals surface area contributed by atoms with Crippen molar-refractivity contribution < 1.29 is 0 Å². The van der Waals surface area contributed by atoms with E-state index in [1.165, 1.54) is 37.6 Å². The van der Waals surface area contributed by atoms with Gasteiger partial charge in [0.2, 0.25) is 0 Å². The standard InChI is InChI=1S/C16H20Cl2N2/c1-2-11-3-6-13(7-4-11)20-15-8-5-12(18)9-14(15)19-16(20)10-17/h5,8-9,11,13H,2-4,6-7,10H2,1H3. The molecule has 1 aliphatic rings. The van der Waals surface area contributed by atoms with Gasteiger partial charge >= 0.3 is 0 Å². The first kappa shape index (κ1) is 14.2. The van der Waals surface area contributed by atoms with Crippen LogP contribution in [-0.4, -0.2) is 9.55 Å². The minimum absolute atomic E-state index is 0.458. The van der Waals surface area contributed by atoms with Gasteiger partial charge in [-0.2, -0.15) is 0 Å². The highest BCUT2D eigenvalue weighted by atomic mass is 35.5. The average molecular weight is 311 g/mol. The van der Waals surface area contributed by atoms with Gasteiger partial charge in [-0.1, -0.05) is 24.9 Å². The summed E-state index contributed by atoms with van der Waals surface area (Å²) in [6, 6.07) is 6.49. The quantitative estimate of drug-likeness (QED) is 0.678. The maximum atomic E-state index is 6.10. The molecule has 2 aromatic rings. The van der Waals surface area contributed by atoms with Crippen molar-refractivity contribution in [3.63, 3.8) is 0 Å². The molecule has 0 N–H and O–H groups in total. The molecule has 0 bridgehead atoms. The number of alkyl halides is 1. The molecule has 1 aliphatic carbocycles. The molecule has 0 amide bonds. The highest BCUT2D eigenvalue weighted by Gasteiger charge is 2.24. The Bertz CT molecular complexity index is 598. The summed E-state index contributed by atoms with van der Waals surface area (Å²) in [6.07, 6.45) is 6.40. The van der Waals surface area contributed by atoms with Crippen molar-refractivity contribution in [2.45, 2.75) is 50.9 Å². The summed E-state index contributed by atoms with van der Waals surface area (Å²) < 4.78 is 2.35. The second-order valence-corrected chi connectivity index (χ2v) is 6.45.